The largest absolute Gasteiger partial charge is 0.360 e. The van der Waals surface area contributed by atoms with Crippen molar-refractivity contribution < 1.29 is 17.7 Å². The standard InChI is InChI=1S/C10H15N3O4S2/c1-7-9(8(2)17-11-7)19(15,16)13-5-3-12(4-6-13)10(14)18/h3-6H2,1-2H3,(H,14,18). The first-order valence-corrected chi connectivity index (χ1v) is 7.63. The highest BCUT2D eigenvalue weighted by atomic mass is 32.2. The van der Waals surface area contributed by atoms with Gasteiger partial charge >= 0.3 is 0 Å². The van der Waals surface area contributed by atoms with Crippen LogP contribution >= 0.6 is 12.6 Å². The molecule has 106 valence electrons. The van der Waals surface area contributed by atoms with Crippen LogP contribution in [0.5, 0.6) is 0 Å². The van der Waals surface area contributed by atoms with Gasteiger partial charge in [-0.2, -0.15) is 4.31 Å². The van der Waals surface area contributed by atoms with Crippen LogP contribution in [-0.4, -0.2) is 54.2 Å². The third-order valence-electron chi connectivity index (χ3n) is 3.07. The maximum Gasteiger partial charge on any atom is 0.278 e. The summed E-state index contributed by atoms with van der Waals surface area (Å²) in [5.41, 5.74) is 0.352. The number of rotatable bonds is 2. The minimum absolute atomic E-state index is 0.123. The molecular formula is C10H15N3O4S2. The Morgan fingerprint density at radius 2 is 1.84 bits per heavy atom. The third-order valence-corrected chi connectivity index (χ3v) is 5.50. The van der Waals surface area contributed by atoms with Crippen molar-refractivity contribution >= 4 is 27.9 Å². The van der Waals surface area contributed by atoms with Gasteiger partial charge in [-0.25, -0.2) is 8.42 Å². The summed E-state index contributed by atoms with van der Waals surface area (Å²) < 4.78 is 31.2. The van der Waals surface area contributed by atoms with Crippen LogP contribution in [0.2, 0.25) is 0 Å². The fraction of sp³-hybridized carbons (Fsp3) is 0.600. The molecule has 0 aliphatic carbocycles. The molecule has 0 atom stereocenters. The molecule has 0 spiro atoms. The molecule has 0 radical (unpaired) electrons. The average molecular weight is 305 g/mol. The molecular weight excluding hydrogens is 290 g/mol. The van der Waals surface area contributed by atoms with Crippen molar-refractivity contribution in [3.05, 3.63) is 11.5 Å². The van der Waals surface area contributed by atoms with Crippen LogP contribution in [0.1, 0.15) is 11.5 Å². The van der Waals surface area contributed by atoms with Gasteiger partial charge in [0, 0.05) is 26.2 Å². The molecule has 1 amide bonds. The first kappa shape index (κ1) is 14.4. The lowest BCUT2D eigenvalue weighted by molar-refractivity contribution is 0.194. The number of hydrogen-bond acceptors (Lipinski definition) is 5. The Labute approximate surface area is 117 Å². The number of aromatic nitrogens is 1. The van der Waals surface area contributed by atoms with Gasteiger partial charge in [0.05, 0.1) is 0 Å². The van der Waals surface area contributed by atoms with Gasteiger partial charge in [0.15, 0.2) is 5.76 Å². The van der Waals surface area contributed by atoms with E-state index in [0.717, 1.165) is 0 Å². The van der Waals surface area contributed by atoms with Crippen molar-refractivity contribution in [2.45, 2.75) is 18.7 Å². The van der Waals surface area contributed by atoms with Crippen LogP contribution < -0.4 is 0 Å². The van der Waals surface area contributed by atoms with Gasteiger partial charge in [-0.15, -0.1) is 0 Å². The van der Waals surface area contributed by atoms with E-state index in [-0.39, 0.29) is 29.0 Å². The van der Waals surface area contributed by atoms with Crippen LogP contribution in [0.4, 0.5) is 4.79 Å². The van der Waals surface area contributed by atoms with E-state index in [2.05, 4.69) is 17.8 Å². The summed E-state index contributed by atoms with van der Waals surface area (Å²) in [6.07, 6.45) is 0. The minimum atomic E-state index is -3.61. The molecule has 0 N–H and O–H groups in total. The third kappa shape index (κ3) is 2.63. The van der Waals surface area contributed by atoms with Crippen molar-refractivity contribution in [2.24, 2.45) is 0 Å². The Morgan fingerprint density at radius 1 is 1.26 bits per heavy atom. The van der Waals surface area contributed by atoms with E-state index in [1.54, 1.807) is 13.8 Å². The fourth-order valence-corrected chi connectivity index (χ4v) is 4.01. The molecule has 1 saturated heterocycles. The summed E-state index contributed by atoms with van der Waals surface area (Å²) in [4.78, 5) is 12.7. The Morgan fingerprint density at radius 3 is 2.26 bits per heavy atom. The van der Waals surface area contributed by atoms with E-state index in [4.69, 9.17) is 4.52 Å². The molecule has 9 heteroatoms. The summed E-state index contributed by atoms with van der Waals surface area (Å²) in [5, 5.41) is 3.32. The SMILES string of the molecule is Cc1noc(C)c1S(=O)(=O)N1CCN(C(=O)S)CC1. The lowest BCUT2D eigenvalue weighted by atomic mass is 10.4. The lowest BCUT2D eigenvalue weighted by Crippen LogP contribution is -2.49. The number of sulfonamides is 1. The second kappa shape index (κ2) is 5.14. The van der Waals surface area contributed by atoms with E-state index in [1.165, 1.54) is 9.21 Å². The van der Waals surface area contributed by atoms with Crippen molar-refractivity contribution in [1.29, 1.82) is 0 Å². The number of nitrogens with zero attached hydrogens (tertiary/aromatic N) is 3. The van der Waals surface area contributed by atoms with E-state index in [9.17, 15) is 13.2 Å². The Kier molecular flexibility index (Phi) is 3.88. The normalized spacial score (nSPS) is 17.7. The maximum atomic E-state index is 12.5. The molecule has 0 aromatic carbocycles. The van der Waals surface area contributed by atoms with E-state index in [0.29, 0.717) is 18.8 Å². The number of amides is 1. The quantitative estimate of drug-likeness (QED) is 0.811. The van der Waals surface area contributed by atoms with Crippen LogP contribution in [0.25, 0.3) is 0 Å². The molecule has 0 bridgehead atoms. The molecule has 2 rings (SSSR count). The number of hydrogen-bond donors (Lipinski definition) is 1. The second-order valence-electron chi connectivity index (χ2n) is 4.33. The number of piperazine rings is 1. The molecule has 0 unspecified atom stereocenters. The highest BCUT2D eigenvalue weighted by molar-refractivity contribution is 7.96. The van der Waals surface area contributed by atoms with E-state index < -0.39 is 10.0 Å². The van der Waals surface area contributed by atoms with Crippen molar-refractivity contribution in [2.75, 3.05) is 26.2 Å². The van der Waals surface area contributed by atoms with Gasteiger partial charge < -0.3 is 9.42 Å². The van der Waals surface area contributed by atoms with Crippen LogP contribution in [0.3, 0.4) is 0 Å². The van der Waals surface area contributed by atoms with Gasteiger partial charge in [-0.1, -0.05) is 17.8 Å². The Bertz CT molecular complexity index is 568. The zero-order chi connectivity index (χ0) is 14.2. The first-order chi connectivity index (χ1) is 8.84. The zero-order valence-electron chi connectivity index (χ0n) is 10.7. The smallest absolute Gasteiger partial charge is 0.278 e. The molecule has 1 fully saturated rings. The van der Waals surface area contributed by atoms with Crippen LogP contribution in [-0.2, 0) is 10.0 Å². The van der Waals surface area contributed by atoms with Gasteiger partial charge in [0.2, 0.25) is 10.0 Å². The summed E-state index contributed by atoms with van der Waals surface area (Å²) in [6.45, 7) is 4.34. The average Bonchev–Trinajstić information content (AvgIpc) is 2.69. The summed E-state index contributed by atoms with van der Waals surface area (Å²) in [7, 11) is -3.61. The Hall–Kier alpha value is -1.06. The second-order valence-corrected chi connectivity index (χ2v) is 6.58. The molecule has 7 nitrogen and oxygen atoms in total. The van der Waals surface area contributed by atoms with Crippen LogP contribution in [0.15, 0.2) is 9.42 Å². The topological polar surface area (TPSA) is 83.7 Å². The highest BCUT2D eigenvalue weighted by Crippen LogP contribution is 2.24. The molecule has 1 aliphatic heterocycles. The summed E-state index contributed by atoms with van der Waals surface area (Å²) >= 11 is 3.73. The van der Waals surface area contributed by atoms with Gasteiger partial charge in [0.1, 0.15) is 10.6 Å². The fourth-order valence-electron chi connectivity index (χ4n) is 2.09. The molecule has 2 heterocycles. The number of thiol groups is 1. The molecule has 1 aliphatic rings. The van der Waals surface area contributed by atoms with Gasteiger partial charge in [0.25, 0.3) is 5.24 Å². The molecule has 0 saturated carbocycles. The summed E-state index contributed by atoms with van der Waals surface area (Å²) in [6, 6.07) is 0. The van der Waals surface area contributed by atoms with Crippen molar-refractivity contribution in [3.8, 4) is 0 Å². The predicted octanol–water partition coefficient (Wildman–Crippen LogP) is 0.648. The highest BCUT2D eigenvalue weighted by Gasteiger charge is 2.33. The molecule has 19 heavy (non-hydrogen) atoms. The number of carbonyl (C=O) groups excluding carboxylic acids is 1. The lowest BCUT2D eigenvalue weighted by Gasteiger charge is -2.32. The molecule has 1 aromatic heterocycles. The zero-order valence-corrected chi connectivity index (χ0v) is 12.4. The summed E-state index contributed by atoms with van der Waals surface area (Å²) in [5.74, 6) is 0.283. The maximum absolute atomic E-state index is 12.5. The predicted molar refractivity (Wildman–Crippen MR) is 70.7 cm³/mol. The Balaban J connectivity index is 2.21. The van der Waals surface area contributed by atoms with E-state index in [1.807, 2.05) is 0 Å². The molecule has 1 aromatic rings. The van der Waals surface area contributed by atoms with Crippen molar-refractivity contribution in [3.63, 3.8) is 0 Å². The van der Waals surface area contributed by atoms with Gasteiger partial charge in [-0.3, -0.25) is 4.79 Å². The minimum Gasteiger partial charge on any atom is -0.360 e. The monoisotopic (exact) mass is 305 g/mol. The van der Waals surface area contributed by atoms with Gasteiger partial charge in [-0.05, 0) is 13.8 Å². The van der Waals surface area contributed by atoms with Crippen molar-refractivity contribution in [1.82, 2.24) is 14.4 Å². The number of carbonyl (C=O) groups is 1. The van der Waals surface area contributed by atoms with Crippen LogP contribution in [0, 0.1) is 13.8 Å². The number of aryl methyl sites for hydroxylation is 2. The first-order valence-electron chi connectivity index (χ1n) is 5.75. The van der Waals surface area contributed by atoms with E-state index >= 15 is 0 Å².